The molecule has 0 saturated carbocycles. The zero-order valence-corrected chi connectivity index (χ0v) is 17.4. The predicted octanol–water partition coefficient (Wildman–Crippen LogP) is 1.90. The highest BCUT2D eigenvalue weighted by molar-refractivity contribution is 5.99. The molecule has 10 nitrogen and oxygen atoms in total. The smallest absolute Gasteiger partial charge is 0.333 e. The second-order valence-corrected chi connectivity index (χ2v) is 7.46. The van der Waals surface area contributed by atoms with Crippen molar-refractivity contribution in [3.63, 3.8) is 0 Å². The minimum atomic E-state index is -0.381. The molecule has 0 fully saturated rings. The van der Waals surface area contributed by atoms with Crippen LogP contribution in [0, 0.1) is 11.5 Å². The number of H-pyrrole nitrogens is 1. The maximum Gasteiger partial charge on any atom is 0.333 e. The van der Waals surface area contributed by atoms with E-state index in [1.165, 1.54) is 4.57 Å². The number of rotatable bonds is 5. The largest absolute Gasteiger partial charge is 0.425 e. The third-order valence-electron chi connectivity index (χ3n) is 5.57. The van der Waals surface area contributed by atoms with Crippen LogP contribution in [0.2, 0.25) is 0 Å². The minimum absolute atomic E-state index is 0.0804. The predicted molar refractivity (Wildman–Crippen MR) is 120 cm³/mol. The van der Waals surface area contributed by atoms with Crippen LogP contribution in [0.15, 0.2) is 65.6 Å². The number of aromatic amines is 1. The molecule has 164 valence electrons. The molecular formula is C23H19N7O3. The summed E-state index contributed by atoms with van der Waals surface area (Å²) in [5.41, 5.74) is 1.92. The number of nitrogens with one attached hydrogen (secondary N) is 2. The second kappa shape index (κ2) is 8.47. The van der Waals surface area contributed by atoms with Crippen molar-refractivity contribution >= 4 is 22.9 Å². The Kier molecular flexibility index (Phi) is 5.20. The summed E-state index contributed by atoms with van der Waals surface area (Å²) in [5, 5.41) is 11.9. The lowest BCUT2D eigenvalue weighted by Gasteiger charge is -2.32. The Balaban J connectivity index is 1.68. The van der Waals surface area contributed by atoms with Gasteiger partial charge in [0.05, 0.1) is 17.1 Å². The number of hydrogen-bond acceptors (Lipinski definition) is 7. The van der Waals surface area contributed by atoms with E-state index >= 15 is 0 Å². The quantitative estimate of drug-likeness (QED) is 0.453. The minimum Gasteiger partial charge on any atom is -0.425 e. The normalized spacial score (nSPS) is 14.2. The van der Waals surface area contributed by atoms with Crippen molar-refractivity contribution in [3.8, 4) is 12.1 Å². The van der Waals surface area contributed by atoms with Gasteiger partial charge in [0.2, 0.25) is 0 Å². The number of aromatic nitrogens is 4. The molecule has 4 aromatic rings. The first kappa shape index (κ1) is 20.3. The van der Waals surface area contributed by atoms with Gasteiger partial charge in [-0.3, -0.25) is 9.78 Å². The van der Waals surface area contributed by atoms with Crippen LogP contribution >= 0.6 is 0 Å². The molecule has 5 rings (SSSR count). The van der Waals surface area contributed by atoms with Crippen molar-refractivity contribution in [2.45, 2.75) is 6.04 Å². The molecule has 3 aromatic heterocycles. The van der Waals surface area contributed by atoms with Gasteiger partial charge in [0.15, 0.2) is 5.65 Å². The molecule has 1 atom stereocenters. The monoisotopic (exact) mass is 441 g/mol. The highest BCUT2D eigenvalue weighted by atomic mass is 16.5. The first-order chi connectivity index (χ1) is 16.2. The first-order valence-electron chi connectivity index (χ1n) is 10.3. The lowest BCUT2D eigenvalue weighted by Crippen LogP contribution is -2.36. The van der Waals surface area contributed by atoms with Crippen LogP contribution in [0.25, 0.3) is 17.0 Å². The Morgan fingerprint density at radius 2 is 1.97 bits per heavy atom. The number of carbonyl (C=O) groups is 1. The number of amides is 1. The molecule has 33 heavy (non-hydrogen) atoms. The number of pyridine rings is 2. The summed E-state index contributed by atoms with van der Waals surface area (Å²) in [6.45, 7) is 0.905. The number of nitrogens with zero attached hydrogens (tertiary/aromatic N) is 5. The van der Waals surface area contributed by atoms with E-state index in [4.69, 9.17) is 15.0 Å². The van der Waals surface area contributed by atoms with Gasteiger partial charge in [-0.1, -0.05) is 30.3 Å². The molecule has 2 N–H and O–H groups in total. The molecular weight excluding hydrogens is 422 g/mol. The molecule has 0 saturated heterocycles. The highest BCUT2D eigenvalue weighted by Gasteiger charge is 2.30. The Morgan fingerprint density at radius 1 is 1.12 bits per heavy atom. The number of benzene rings is 1. The molecule has 0 spiro atoms. The molecule has 0 radical (unpaired) electrons. The number of imidazole rings is 1. The van der Waals surface area contributed by atoms with Crippen LogP contribution in [0.4, 0.5) is 5.82 Å². The molecule has 10 heteroatoms. The van der Waals surface area contributed by atoms with Crippen LogP contribution in [-0.4, -0.2) is 45.1 Å². The second-order valence-electron chi connectivity index (χ2n) is 7.46. The van der Waals surface area contributed by atoms with Gasteiger partial charge in [-0.25, -0.2) is 19.3 Å². The zero-order chi connectivity index (χ0) is 22.8. The number of carbonyl (C=O) groups excluding carboxylic acids is 1. The zero-order valence-electron chi connectivity index (χ0n) is 17.4. The number of anilines is 1. The van der Waals surface area contributed by atoms with E-state index in [0.29, 0.717) is 41.5 Å². The van der Waals surface area contributed by atoms with Crippen molar-refractivity contribution in [1.82, 2.24) is 24.8 Å². The summed E-state index contributed by atoms with van der Waals surface area (Å²) in [7, 11) is 0. The van der Waals surface area contributed by atoms with E-state index < -0.39 is 0 Å². The fourth-order valence-electron chi connectivity index (χ4n) is 4.08. The van der Waals surface area contributed by atoms with E-state index in [0.717, 1.165) is 5.56 Å². The summed E-state index contributed by atoms with van der Waals surface area (Å²) in [6.07, 6.45) is 3.33. The Labute approximate surface area is 188 Å². The van der Waals surface area contributed by atoms with Crippen molar-refractivity contribution in [1.29, 1.82) is 5.26 Å². The van der Waals surface area contributed by atoms with Gasteiger partial charge in [0.1, 0.15) is 18.2 Å². The number of hydrogen-bond donors (Lipinski definition) is 2. The summed E-state index contributed by atoms with van der Waals surface area (Å²) in [5.74, 6) is 0.501. The first-order valence-corrected chi connectivity index (χ1v) is 10.3. The maximum atomic E-state index is 12.8. The van der Waals surface area contributed by atoms with E-state index in [1.807, 2.05) is 35.2 Å². The van der Waals surface area contributed by atoms with Gasteiger partial charge in [0.25, 0.3) is 12.2 Å². The standard InChI is InChI=1S/C23H19N7O3/c24-14-33-13-18(15-5-2-1-3-6-15)29-12-11-26-22(31)16-8-9-19(27-21(16)29)30-17-7-4-10-25-20(17)28-23(30)32/h1-10,18H,11-13H2,(H,26,31)(H,25,28,32)/t18-/m0/s1. The lowest BCUT2D eigenvalue weighted by molar-refractivity contribution is 0.0957. The van der Waals surface area contributed by atoms with Gasteiger partial charge in [-0.15, -0.1) is 0 Å². The summed E-state index contributed by atoms with van der Waals surface area (Å²) in [4.78, 5) is 39.1. The molecule has 1 amide bonds. The van der Waals surface area contributed by atoms with Gasteiger partial charge in [0, 0.05) is 19.3 Å². The van der Waals surface area contributed by atoms with Gasteiger partial charge in [-0.05, 0) is 29.8 Å². The summed E-state index contributed by atoms with van der Waals surface area (Å²) < 4.78 is 6.55. The number of nitriles is 1. The van der Waals surface area contributed by atoms with Crippen molar-refractivity contribution in [2.24, 2.45) is 0 Å². The Bertz CT molecular complexity index is 1420. The van der Waals surface area contributed by atoms with Crippen molar-refractivity contribution in [2.75, 3.05) is 24.6 Å². The van der Waals surface area contributed by atoms with E-state index in [9.17, 15) is 9.59 Å². The van der Waals surface area contributed by atoms with Gasteiger partial charge in [-0.2, -0.15) is 5.26 Å². The highest BCUT2D eigenvalue weighted by Crippen LogP contribution is 2.31. The average Bonchev–Trinajstić information content (AvgIpc) is 3.09. The molecule has 0 bridgehead atoms. The molecule has 4 heterocycles. The molecule has 1 aliphatic heterocycles. The van der Waals surface area contributed by atoms with Crippen molar-refractivity contribution < 1.29 is 9.53 Å². The lowest BCUT2D eigenvalue weighted by atomic mass is 10.1. The third kappa shape index (κ3) is 3.65. The molecule has 1 aromatic carbocycles. The Hall–Kier alpha value is -4.65. The fraction of sp³-hybridized carbons (Fsp3) is 0.174. The van der Waals surface area contributed by atoms with Crippen molar-refractivity contribution in [3.05, 3.63) is 82.4 Å². The summed E-state index contributed by atoms with van der Waals surface area (Å²) >= 11 is 0. The van der Waals surface area contributed by atoms with E-state index in [2.05, 4.69) is 15.3 Å². The number of fused-ring (bicyclic) bond motifs is 2. The number of ether oxygens (including phenoxy) is 1. The van der Waals surface area contributed by atoms with Crippen LogP contribution in [-0.2, 0) is 4.74 Å². The van der Waals surface area contributed by atoms with E-state index in [-0.39, 0.29) is 24.2 Å². The van der Waals surface area contributed by atoms with Crippen LogP contribution in [0.1, 0.15) is 22.0 Å². The SMILES string of the molecule is N#COC[C@@H](c1ccccc1)N1CCNC(=O)c2ccc(-n3c(=O)[nH]c4ncccc43)nc21. The van der Waals surface area contributed by atoms with Gasteiger partial charge < -0.3 is 15.0 Å². The van der Waals surface area contributed by atoms with Gasteiger partial charge >= 0.3 is 5.69 Å². The van der Waals surface area contributed by atoms with E-state index in [1.54, 1.807) is 36.7 Å². The molecule has 1 aliphatic rings. The fourth-order valence-corrected chi connectivity index (χ4v) is 4.08. The Morgan fingerprint density at radius 3 is 2.79 bits per heavy atom. The van der Waals surface area contributed by atoms with Crippen LogP contribution < -0.4 is 15.9 Å². The molecule has 0 aliphatic carbocycles. The summed E-state index contributed by atoms with van der Waals surface area (Å²) in [6, 6.07) is 16.0. The third-order valence-corrected chi connectivity index (χ3v) is 5.57. The average molecular weight is 441 g/mol. The maximum absolute atomic E-state index is 12.8. The topological polar surface area (TPSA) is 129 Å². The van der Waals surface area contributed by atoms with Crippen LogP contribution in [0.5, 0.6) is 0 Å². The van der Waals surface area contributed by atoms with Crippen LogP contribution in [0.3, 0.4) is 0 Å². The molecule has 0 unspecified atom stereocenters.